The molecule has 6 rings (SSSR count). The molecule has 3 saturated heterocycles. The van der Waals surface area contributed by atoms with Gasteiger partial charge in [-0.2, -0.15) is 20.2 Å². The smallest absolute Gasteiger partial charge is 0.323 e. The number of benzene rings is 1. The largest absolute Gasteiger partial charge is 0.341 e. The number of hydrogen-bond acceptors (Lipinski definition) is 10. The van der Waals surface area contributed by atoms with Gasteiger partial charge < -0.3 is 19.6 Å². The lowest BCUT2D eigenvalue weighted by Crippen LogP contribution is -2.50. The molecule has 2 amide bonds. The molecule has 196 valence electrons. The number of piperazine rings is 1. The molecule has 0 atom stereocenters. The van der Waals surface area contributed by atoms with Crippen LogP contribution in [0, 0.1) is 11.3 Å². The predicted octanol–water partition coefficient (Wildman–Crippen LogP) is 3.42. The highest BCUT2D eigenvalue weighted by Crippen LogP contribution is 2.27. The third-order valence-electron chi connectivity index (χ3n) is 7.23. The number of thiazole rings is 1. The zero-order chi connectivity index (χ0) is 25.9. The van der Waals surface area contributed by atoms with E-state index in [-0.39, 0.29) is 6.03 Å². The molecule has 0 unspecified atom stereocenters. The second-order valence-corrected chi connectivity index (χ2v) is 10.6. The number of amides is 2. The minimum atomic E-state index is -0.164. The molecule has 38 heavy (non-hydrogen) atoms. The van der Waals surface area contributed by atoms with E-state index < -0.39 is 0 Å². The Bertz CT molecular complexity index is 1300. The van der Waals surface area contributed by atoms with Gasteiger partial charge in [0, 0.05) is 63.3 Å². The summed E-state index contributed by atoms with van der Waals surface area (Å²) in [6.07, 6.45) is 4.67. The summed E-state index contributed by atoms with van der Waals surface area (Å²) < 4.78 is 0. The molecule has 1 aromatic carbocycles. The Balaban J connectivity index is 1.10. The van der Waals surface area contributed by atoms with Crippen LogP contribution in [-0.4, -0.2) is 83.2 Å². The van der Waals surface area contributed by atoms with Crippen molar-refractivity contribution in [1.29, 1.82) is 5.26 Å². The topological polar surface area (TPSA) is 117 Å². The van der Waals surface area contributed by atoms with Gasteiger partial charge in [0.1, 0.15) is 0 Å². The first-order valence-electron chi connectivity index (χ1n) is 13.2. The SMILES string of the molecule is N#Cc1cccc(-c2csc(NC(=O)N3CCN(c4nc(N5CCCC5)nc(N5CCCC5)n4)CC3)n2)c1. The molecule has 0 saturated carbocycles. The van der Waals surface area contributed by atoms with E-state index in [9.17, 15) is 4.79 Å². The molecule has 3 aliphatic heterocycles. The van der Waals surface area contributed by atoms with E-state index in [1.165, 1.54) is 37.0 Å². The van der Waals surface area contributed by atoms with E-state index in [1.54, 1.807) is 17.0 Å². The van der Waals surface area contributed by atoms with Crippen LogP contribution in [0.4, 0.5) is 27.8 Å². The monoisotopic (exact) mass is 530 g/mol. The maximum atomic E-state index is 13.0. The maximum absolute atomic E-state index is 13.0. The molecule has 12 heteroatoms. The van der Waals surface area contributed by atoms with Gasteiger partial charge in [0.2, 0.25) is 17.8 Å². The van der Waals surface area contributed by atoms with E-state index >= 15 is 0 Å². The van der Waals surface area contributed by atoms with Crippen LogP contribution in [-0.2, 0) is 0 Å². The number of urea groups is 1. The molecule has 3 aliphatic rings. The summed E-state index contributed by atoms with van der Waals surface area (Å²) >= 11 is 1.38. The fourth-order valence-electron chi connectivity index (χ4n) is 5.09. The number of carbonyl (C=O) groups is 1. The van der Waals surface area contributed by atoms with Crippen LogP contribution in [0.5, 0.6) is 0 Å². The van der Waals surface area contributed by atoms with Crippen LogP contribution in [0.1, 0.15) is 31.2 Å². The van der Waals surface area contributed by atoms with Gasteiger partial charge in [0.25, 0.3) is 0 Å². The average molecular weight is 531 g/mol. The molecule has 0 radical (unpaired) electrons. The number of anilines is 4. The molecule has 3 aromatic rings. The van der Waals surface area contributed by atoms with Crippen molar-refractivity contribution in [2.45, 2.75) is 25.7 Å². The van der Waals surface area contributed by atoms with Crippen LogP contribution in [0.25, 0.3) is 11.3 Å². The number of carbonyl (C=O) groups excluding carboxylic acids is 1. The number of hydrogen-bond donors (Lipinski definition) is 1. The van der Waals surface area contributed by atoms with Crippen molar-refractivity contribution in [3.63, 3.8) is 0 Å². The highest BCUT2D eigenvalue weighted by molar-refractivity contribution is 7.14. The first kappa shape index (κ1) is 24.4. The fourth-order valence-corrected chi connectivity index (χ4v) is 5.80. The number of aromatic nitrogens is 4. The average Bonchev–Trinajstić information content (AvgIpc) is 3.76. The van der Waals surface area contributed by atoms with Gasteiger partial charge in [-0.05, 0) is 37.8 Å². The van der Waals surface area contributed by atoms with Gasteiger partial charge in [0.05, 0.1) is 17.3 Å². The molecule has 0 spiro atoms. The Hall–Kier alpha value is -3.98. The lowest BCUT2D eigenvalue weighted by molar-refractivity contribution is 0.208. The Morgan fingerprint density at radius 1 is 0.816 bits per heavy atom. The van der Waals surface area contributed by atoms with Gasteiger partial charge in [-0.25, -0.2) is 9.78 Å². The third kappa shape index (κ3) is 5.19. The number of nitrogens with one attached hydrogen (secondary N) is 1. The molecule has 5 heterocycles. The summed E-state index contributed by atoms with van der Waals surface area (Å²) in [4.78, 5) is 40.5. The minimum Gasteiger partial charge on any atom is -0.341 e. The first-order chi connectivity index (χ1) is 18.7. The summed E-state index contributed by atoms with van der Waals surface area (Å²) in [7, 11) is 0. The van der Waals surface area contributed by atoms with Crippen molar-refractivity contribution in [3.05, 3.63) is 35.2 Å². The Kier molecular flexibility index (Phi) is 6.92. The number of nitrogens with zero attached hydrogens (tertiary/aromatic N) is 9. The van der Waals surface area contributed by atoms with Crippen molar-refractivity contribution >= 4 is 40.3 Å². The standard InChI is InChI=1S/C26H30N10OS/c27-17-19-6-5-7-20(16-19)21-18-38-25(28-21)32-26(37)36-14-12-35(13-15-36)24-30-22(33-8-1-2-9-33)29-23(31-24)34-10-3-4-11-34/h5-7,16,18H,1-4,8-15H2,(H,28,32,37). The van der Waals surface area contributed by atoms with Gasteiger partial charge in [-0.3, -0.25) is 5.32 Å². The second-order valence-electron chi connectivity index (χ2n) is 9.76. The lowest BCUT2D eigenvalue weighted by Gasteiger charge is -2.35. The van der Waals surface area contributed by atoms with Crippen LogP contribution in [0.2, 0.25) is 0 Å². The Morgan fingerprint density at radius 3 is 1.97 bits per heavy atom. The van der Waals surface area contributed by atoms with E-state index in [1.807, 2.05) is 17.5 Å². The highest BCUT2D eigenvalue weighted by atomic mass is 32.1. The van der Waals surface area contributed by atoms with Gasteiger partial charge in [0.15, 0.2) is 5.13 Å². The minimum absolute atomic E-state index is 0.164. The highest BCUT2D eigenvalue weighted by Gasteiger charge is 2.27. The van der Waals surface area contributed by atoms with Crippen molar-refractivity contribution in [1.82, 2.24) is 24.8 Å². The molecular weight excluding hydrogens is 500 g/mol. The summed E-state index contributed by atoms with van der Waals surface area (Å²) in [5.41, 5.74) is 2.18. The van der Waals surface area contributed by atoms with Crippen LogP contribution in [0.15, 0.2) is 29.6 Å². The zero-order valence-electron chi connectivity index (χ0n) is 21.2. The fraction of sp³-hybridized carbons (Fsp3) is 0.462. The maximum Gasteiger partial charge on any atom is 0.323 e. The molecule has 11 nitrogen and oxygen atoms in total. The Labute approximate surface area is 225 Å². The molecule has 0 bridgehead atoms. The lowest BCUT2D eigenvalue weighted by atomic mass is 10.1. The molecule has 3 fully saturated rings. The summed E-state index contributed by atoms with van der Waals surface area (Å²) in [5.74, 6) is 2.25. The van der Waals surface area contributed by atoms with Crippen molar-refractivity contribution in [2.24, 2.45) is 0 Å². The van der Waals surface area contributed by atoms with Crippen LogP contribution in [0.3, 0.4) is 0 Å². The summed E-state index contributed by atoms with van der Waals surface area (Å²) in [6, 6.07) is 9.28. The van der Waals surface area contributed by atoms with E-state index in [4.69, 9.17) is 20.2 Å². The van der Waals surface area contributed by atoms with E-state index in [2.05, 4.69) is 31.1 Å². The molecule has 2 aromatic heterocycles. The van der Waals surface area contributed by atoms with Crippen molar-refractivity contribution in [2.75, 3.05) is 72.4 Å². The quantitative estimate of drug-likeness (QED) is 0.529. The Morgan fingerprint density at radius 2 is 1.39 bits per heavy atom. The molecular formula is C26H30N10OS. The normalized spacial score (nSPS) is 17.7. The summed E-state index contributed by atoms with van der Waals surface area (Å²) in [6.45, 7) is 6.38. The predicted molar refractivity (Wildman–Crippen MR) is 148 cm³/mol. The second kappa shape index (κ2) is 10.8. The number of rotatable bonds is 5. The van der Waals surface area contributed by atoms with Crippen molar-refractivity contribution < 1.29 is 4.79 Å². The van der Waals surface area contributed by atoms with Crippen LogP contribution < -0.4 is 20.0 Å². The van der Waals surface area contributed by atoms with Gasteiger partial charge >= 0.3 is 6.03 Å². The van der Waals surface area contributed by atoms with E-state index in [0.717, 1.165) is 49.3 Å². The first-order valence-corrected chi connectivity index (χ1v) is 14.1. The molecule has 0 aliphatic carbocycles. The molecule has 1 N–H and O–H groups in total. The zero-order valence-corrected chi connectivity index (χ0v) is 22.0. The van der Waals surface area contributed by atoms with Gasteiger partial charge in [-0.1, -0.05) is 12.1 Å². The number of nitriles is 1. The summed E-state index contributed by atoms with van der Waals surface area (Å²) in [5, 5.41) is 14.5. The van der Waals surface area contributed by atoms with Crippen molar-refractivity contribution in [3.8, 4) is 17.3 Å². The van der Waals surface area contributed by atoms with Crippen LogP contribution >= 0.6 is 11.3 Å². The van der Waals surface area contributed by atoms with E-state index in [0.29, 0.717) is 42.8 Å². The van der Waals surface area contributed by atoms with Gasteiger partial charge in [-0.15, -0.1) is 11.3 Å². The third-order valence-corrected chi connectivity index (χ3v) is 7.99.